The molecule has 45 heavy (non-hydrogen) atoms. The molecule has 0 unspecified atom stereocenters. The number of nitrogens with one attached hydrogen (secondary N) is 1. The minimum Gasteiger partial charge on any atom is -0.452 e. The van der Waals surface area contributed by atoms with E-state index in [0.29, 0.717) is 24.1 Å². The second kappa shape index (κ2) is 14.1. The summed E-state index contributed by atoms with van der Waals surface area (Å²) in [4.78, 5) is 27.8. The van der Waals surface area contributed by atoms with Gasteiger partial charge in [0.2, 0.25) is 10.0 Å². The molecule has 0 aliphatic carbocycles. The number of carbonyl (C=O) groups is 2. The number of piperazine rings is 1. The van der Waals surface area contributed by atoms with Crippen molar-refractivity contribution < 1.29 is 40.3 Å². The predicted molar refractivity (Wildman–Crippen MR) is 160 cm³/mol. The quantitative estimate of drug-likeness (QED) is 0.335. The van der Waals surface area contributed by atoms with Crippen LogP contribution < -0.4 is 16.0 Å². The molecular weight excluding hydrogens is 616 g/mol. The number of halogens is 4. The van der Waals surface area contributed by atoms with Crippen molar-refractivity contribution in [2.45, 2.75) is 43.8 Å². The van der Waals surface area contributed by atoms with Gasteiger partial charge in [0.1, 0.15) is 23.3 Å². The van der Waals surface area contributed by atoms with Crippen LogP contribution in [0.1, 0.15) is 36.0 Å². The summed E-state index contributed by atoms with van der Waals surface area (Å²) in [6.07, 6.45) is -0.0675. The number of sulfonamides is 1. The second-order valence-corrected chi connectivity index (χ2v) is 12.8. The lowest BCUT2D eigenvalue weighted by atomic mass is 9.84. The van der Waals surface area contributed by atoms with Crippen molar-refractivity contribution in [3.63, 3.8) is 0 Å². The fraction of sp³-hybridized carbons (Fsp3) is 0.355. The van der Waals surface area contributed by atoms with Crippen molar-refractivity contribution in [3.05, 3.63) is 101 Å². The van der Waals surface area contributed by atoms with E-state index in [2.05, 4.69) is 5.32 Å². The highest BCUT2D eigenvalue weighted by molar-refractivity contribution is 7.88. The molecule has 2 amide bonds. The third-order valence-electron chi connectivity index (χ3n) is 7.75. The number of hydrogen-bond acceptors (Lipinski definition) is 7. The number of benzene rings is 3. The number of carbonyl (C=O) groups excluding carboxylic acids is 2. The number of imide groups is 1. The first-order valence-corrected chi connectivity index (χ1v) is 15.9. The van der Waals surface area contributed by atoms with Crippen molar-refractivity contribution in [1.82, 2.24) is 9.62 Å². The van der Waals surface area contributed by atoms with Gasteiger partial charge in [-0.15, -0.1) is 0 Å². The van der Waals surface area contributed by atoms with E-state index in [9.17, 15) is 31.2 Å². The molecule has 4 atom stereocenters. The predicted octanol–water partition coefficient (Wildman–Crippen LogP) is 4.06. The molecule has 3 aromatic carbocycles. The van der Waals surface area contributed by atoms with Gasteiger partial charge in [-0.3, -0.25) is 4.79 Å². The molecule has 1 saturated heterocycles. The molecule has 9 nitrogen and oxygen atoms in total. The second-order valence-electron chi connectivity index (χ2n) is 10.9. The average Bonchev–Trinajstić information content (AvgIpc) is 2.96. The van der Waals surface area contributed by atoms with Crippen LogP contribution in [0.25, 0.3) is 0 Å². The lowest BCUT2D eigenvalue weighted by Gasteiger charge is -2.39. The van der Waals surface area contributed by atoms with E-state index in [1.165, 1.54) is 28.6 Å². The Balaban J connectivity index is 1.75. The zero-order valence-electron chi connectivity index (χ0n) is 24.8. The van der Waals surface area contributed by atoms with Crippen LogP contribution in [0.4, 0.5) is 28.0 Å². The summed E-state index contributed by atoms with van der Waals surface area (Å²) in [5, 5.41) is 3.16. The third kappa shape index (κ3) is 7.69. The monoisotopic (exact) mass is 650 g/mol. The van der Waals surface area contributed by atoms with Crippen molar-refractivity contribution in [2.75, 3.05) is 31.4 Å². The van der Waals surface area contributed by atoms with E-state index in [1.807, 2.05) is 0 Å². The first-order valence-electron chi connectivity index (χ1n) is 14.1. The third-order valence-corrected chi connectivity index (χ3v) is 9.18. The molecule has 0 saturated carbocycles. The molecule has 4 rings (SSSR count). The zero-order valence-corrected chi connectivity index (χ0v) is 25.7. The topological polar surface area (TPSA) is 122 Å². The van der Waals surface area contributed by atoms with Crippen molar-refractivity contribution in [3.8, 4) is 0 Å². The Labute approximate surface area is 259 Å². The van der Waals surface area contributed by atoms with Crippen LogP contribution in [0, 0.1) is 23.3 Å². The van der Waals surface area contributed by atoms with Gasteiger partial charge in [-0.25, -0.2) is 35.7 Å². The van der Waals surface area contributed by atoms with E-state index < -0.39 is 63.3 Å². The lowest BCUT2D eigenvalue weighted by Crippen LogP contribution is -2.58. The SMILES string of the molecule is COC(=O)N(C(=O)[C@@H](N)[C@@H](c1ccc(F)cc1)c1cc(F)cc(F)c1)c1cccc(F)c1CC[C@H]1CNC[C@H](C)N1S(C)(=O)=O. The molecule has 3 aromatic rings. The molecule has 0 bridgehead atoms. The van der Waals surface area contributed by atoms with Gasteiger partial charge in [-0.1, -0.05) is 18.2 Å². The number of amides is 2. The first-order chi connectivity index (χ1) is 21.2. The minimum atomic E-state index is -3.61. The van der Waals surface area contributed by atoms with Gasteiger partial charge in [0.05, 0.1) is 25.1 Å². The van der Waals surface area contributed by atoms with Crippen LogP contribution in [0.2, 0.25) is 0 Å². The Morgan fingerprint density at radius 1 is 1.00 bits per heavy atom. The molecule has 14 heteroatoms. The maximum Gasteiger partial charge on any atom is 0.420 e. The number of nitrogens with zero attached hydrogens (tertiary/aromatic N) is 2. The molecular formula is C31H34F4N4O5S. The number of nitrogens with two attached hydrogens (primary N) is 1. The summed E-state index contributed by atoms with van der Waals surface area (Å²) < 4.78 is 89.1. The summed E-state index contributed by atoms with van der Waals surface area (Å²) in [5.41, 5.74) is 6.31. The molecule has 1 aliphatic rings. The molecule has 1 fully saturated rings. The van der Waals surface area contributed by atoms with E-state index in [0.717, 1.165) is 43.7 Å². The Morgan fingerprint density at radius 3 is 2.24 bits per heavy atom. The Morgan fingerprint density at radius 2 is 1.64 bits per heavy atom. The van der Waals surface area contributed by atoms with Crippen LogP contribution in [0.3, 0.4) is 0 Å². The zero-order chi connectivity index (χ0) is 33.1. The Kier molecular flexibility index (Phi) is 10.6. The summed E-state index contributed by atoms with van der Waals surface area (Å²) in [6, 6.07) is 8.41. The van der Waals surface area contributed by atoms with Crippen molar-refractivity contribution in [2.24, 2.45) is 5.73 Å². The molecule has 0 radical (unpaired) electrons. The first kappa shape index (κ1) is 34.0. The smallest absolute Gasteiger partial charge is 0.420 e. The van der Waals surface area contributed by atoms with E-state index in [4.69, 9.17) is 10.5 Å². The molecule has 1 heterocycles. The van der Waals surface area contributed by atoms with Gasteiger partial charge in [0.15, 0.2) is 0 Å². The van der Waals surface area contributed by atoms with Crippen LogP contribution in [-0.2, 0) is 26.0 Å². The molecule has 0 spiro atoms. The van der Waals surface area contributed by atoms with Crippen LogP contribution in [-0.4, -0.2) is 69.3 Å². The standard InChI is InChI=1S/C31H34F4N4O5S/c1-18-16-37-17-24(39(18)45(3,42)43)11-12-25-26(35)5-4-6-27(25)38(31(41)44-2)30(40)29(36)28(19-7-9-21(32)10-8-19)20-13-22(33)15-23(34)14-20/h4-10,13-15,18,24,28-29,37H,11-12,16-17,36H2,1-3H3/t18-,24-,28-,29-/m0/s1. The van der Waals surface area contributed by atoms with Gasteiger partial charge in [0, 0.05) is 42.7 Å². The highest BCUT2D eigenvalue weighted by atomic mass is 32.2. The average molecular weight is 651 g/mol. The highest BCUT2D eigenvalue weighted by Crippen LogP contribution is 2.33. The fourth-order valence-electron chi connectivity index (χ4n) is 5.86. The lowest BCUT2D eigenvalue weighted by molar-refractivity contribution is -0.119. The van der Waals surface area contributed by atoms with Gasteiger partial charge >= 0.3 is 6.09 Å². The number of anilines is 1. The summed E-state index contributed by atoms with van der Waals surface area (Å²) in [7, 11) is -2.61. The normalized spacial score (nSPS) is 18.7. The molecule has 242 valence electrons. The van der Waals surface area contributed by atoms with Gasteiger partial charge < -0.3 is 15.8 Å². The maximum absolute atomic E-state index is 15.4. The number of rotatable bonds is 9. The maximum atomic E-state index is 15.4. The summed E-state index contributed by atoms with van der Waals surface area (Å²) in [5.74, 6) is -5.66. The van der Waals surface area contributed by atoms with Crippen molar-refractivity contribution >= 4 is 27.7 Å². The Hall–Kier alpha value is -3.85. The van der Waals surface area contributed by atoms with Crippen LogP contribution in [0.5, 0.6) is 0 Å². The highest BCUT2D eigenvalue weighted by Gasteiger charge is 2.38. The van der Waals surface area contributed by atoms with Gasteiger partial charge in [-0.2, -0.15) is 4.31 Å². The van der Waals surface area contributed by atoms with Gasteiger partial charge in [0.25, 0.3) is 5.91 Å². The van der Waals surface area contributed by atoms with Crippen molar-refractivity contribution in [1.29, 1.82) is 0 Å². The molecule has 3 N–H and O–H groups in total. The number of methoxy groups -OCH3 is 1. The molecule has 1 aliphatic heterocycles. The summed E-state index contributed by atoms with van der Waals surface area (Å²) in [6.45, 7) is 2.48. The van der Waals surface area contributed by atoms with Gasteiger partial charge in [-0.05, 0) is 67.3 Å². The van der Waals surface area contributed by atoms with Crippen LogP contribution >= 0.6 is 0 Å². The van der Waals surface area contributed by atoms with E-state index >= 15 is 4.39 Å². The Bertz CT molecular complexity index is 1640. The fourth-order valence-corrected chi connectivity index (χ4v) is 7.31. The largest absolute Gasteiger partial charge is 0.452 e. The minimum absolute atomic E-state index is 0.0657. The molecule has 0 aromatic heterocycles. The van der Waals surface area contributed by atoms with E-state index in [-0.39, 0.29) is 41.3 Å². The summed E-state index contributed by atoms with van der Waals surface area (Å²) >= 11 is 0. The number of ether oxygens (including phenoxy) is 1. The van der Waals surface area contributed by atoms with E-state index in [1.54, 1.807) is 6.92 Å². The van der Waals surface area contributed by atoms with Crippen LogP contribution in [0.15, 0.2) is 60.7 Å². The number of hydrogen-bond donors (Lipinski definition) is 2.